The van der Waals surface area contributed by atoms with Gasteiger partial charge < -0.3 is 5.32 Å². The van der Waals surface area contributed by atoms with E-state index in [0.29, 0.717) is 0 Å². The summed E-state index contributed by atoms with van der Waals surface area (Å²) in [5.41, 5.74) is 7.04. The molecule has 1 amide bonds. The third-order valence-corrected chi connectivity index (χ3v) is 5.79. The van der Waals surface area contributed by atoms with Crippen molar-refractivity contribution >= 4 is 24.0 Å². The summed E-state index contributed by atoms with van der Waals surface area (Å²) in [4.78, 5) is 15.1. The van der Waals surface area contributed by atoms with Gasteiger partial charge in [-0.2, -0.15) is 0 Å². The Kier molecular flexibility index (Phi) is 4.98. The quantitative estimate of drug-likeness (QED) is 0.917. The van der Waals surface area contributed by atoms with Crippen molar-refractivity contribution in [2.75, 3.05) is 18.4 Å². The highest BCUT2D eigenvalue weighted by molar-refractivity contribution is 5.96. The van der Waals surface area contributed by atoms with Gasteiger partial charge in [0.1, 0.15) is 0 Å². The molecule has 1 aromatic rings. The van der Waals surface area contributed by atoms with Crippen LogP contribution in [0.1, 0.15) is 54.9 Å². The Hall–Kier alpha value is -1.06. The molecular weight excluding hydrogens is 308 g/mol. The number of nitrogens with zero attached hydrogens (tertiary/aromatic N) is 1. The molecule has 0 aromatic heterocycles. The number of rotatable bonds is 3. The molecule has 1 aromatic carbocycles. The summed E-state index contributed by atoms with van der Waals surface area (Å²) in [5.74, 6) is 0.191. The highest BCUT2D eigenvalue weighted by atomic mass is 35.5. The van der Waals surface area contributed by atoms with E-state index in [1.807, 2.05) is 0 Å². The number of benzene rings is 1. The van der Waals surface area contributed by atoms with Gasteiger partial charge in [-0.25, -0.2) is 0 Å². The van der Waals surface area contributed by atoms with Gasteiger partial charge in [0.05, 0.1) is 6.04 Å². The average molecular weight is 335 g/mol. The highest BCUT2D eigenvalue weighted by Gasteiger charge is 2.28. The highest BCUT2D eigenvalue weighted by Crippen LogP contribution is 2.38. The van der Waals surface area contributed by atoms with Crippen molar-refractivity contribution < 1.29 is 4.79 Å². The number of aryl methyl sites for hydroxylation is 2. The van der Waals surface area contributed by atoms with Crippen molar-refractivity contribution in [1.82, 2.24) is 4.90 Å². The van der Waals surface area contributed by atoms with Crippen molar-refractivity contribution in [3.8, 4) is 0 Å². The molecule has 0 spiro atoms. The van der Waals surface area contributed by atoms with Crippen LogP contribution in [-0.2, 0) is 30.5 Å². The summed E-state index contributed by atoms with van der Waals surface area (Å²) >= 11 is 0. The first kappa shape index (κ1) is 16.8. The second-order valence-corrected chi connectivity index (χ2v) is 7.14. The second-order valence-electron chi connectivity index (χ2n) is 7.14. The molecule has 1 saturated heterocycles. The summed E-state index contributed by atoms with van der Waals surface area (Å²) in [6, 6.07) is 2.42. The zero-order chi connectivity index (χ0) is 15.1. The van der Waals surface area contributed by atoms with Crippen molar-refractivity contribution in [3.63, 3.8) is 0 Å². The van der Waals surface area contributed by atoms with Gasteiger partial charge in [-0.15, -0.1) is 12.4 Å². The smallest absolute Gasteiger partial charge is 0.241 e. The van der Waals surface area contributed by atoms with Crippen LogP contribution < -0.4 is 5.32 Å². The Labute approximate surface area is 145 Å². The lowest BCUT2D eigenvalue weighted by Gasteiger charge is -2.24. The summed E-state index contributed by atoms with van der Waals surface area (Å²) < 4.78 is 0. The fourth-order valence-corrected chi connectivity index (χ4v) is 4.49. The van der Waals surface area contributed by atoms with E-state index < -0.39 is 0 Å². The number of carbonyl (C=O) groups excluding carboxylic acids is 1. The molecule has 0 bridgehead atoms. The maximum absolute atomic E-state index is 12.7. The Bertz CT molecular complexity index is 576. The molecule has 1 fully saturated rings. The van der Waals surface area contributed by atoms with Gasteiger partial charge in [-0.05, 0) is 93.6 Å². The Morgan fingerprint density at radius 2 is 1.57 bits per heavy atom. The molecule has 1 N–H and O–H groups in total. The fourth-order valence-electron chi connectivity index (χ4n) is 4.49. The van der Waals surface area contributed by atoms with Gasteiger partial charge in [-0.1, -0.05) is 6.07 Å². The molecule has 126 valence electrons. The van der Waals surface area contributed by atoms with Gasteiger partial charge in [-0.3, -0.25) is 9.69 Å². The second kappa shape index (κ2) is 6.82. The van der Waals surface area contributed by atoms with Crippen molar-refractivity contribution in [3.05, 3.63) is 28.3 Å². The van der Waals surface area contributed by atoms with E-state index in [4.69, 9.17) is 0 Å². The zero-order valence-electron chi connectivity index (χ0n) is 14.0. The summed E-state index contributed by atoms with van der Waals surface area (Å²) in [6.07, 6.45) is 9.58. The molecule has 1 heterocycles. The topological polar surface area (TPSA) is 32.3 Å². The van der Waals surface area contributed by atoms with Crippen LogP contribution in [0.15, 0.2) is 6.07 Å². The lowest BCUT2D eigenvalue weighted by Crippen LogP contribution is -2.40. The Morgan fingerprint density at radius 1 is 1.00 bits per heavy atom. The third kappa shape index (κ3) is 3.01. The Balaban J connectivity index is 0.00000156. The normalized spacial score (nSPS) is 20.7. The van der Waals surface area contributed by atoms with Crippen molar-refractivity contribution in [2.24, 2.45) is 0 Å². The number of halogens is 1. The zero-order valence-corrected chi connectivity index (χ0v) is 14.8. The summed E-state index contributed by atoms with van der Waals surface area (Å²) in [7, 11) is 0. The lowest BCUT2D eigenvalue weighted by molar-refractivity contribution is -0.120. The minimum absolute atomic E-state index is 0. The molecule has 1 atom stereocenters. The van der Waals surface area contributed by atoms with Crippen LogP contribution in [0.4, 0.5) is 5.69 Å². The lowest BCUT2D eigenvalue weighted by atomic mass is 9.98. The molecule has 0 saturated carbocycles. The molecule has 3 nitrogen and oxygen atoms in total. The third-order valence-electron chi connectivity index (χ3n) is 5.79. The molecule has 1 aliphatic heterocycles. The maximum atomic E-state index is 12.7. The van der Waals surface area contributed by atoms with E-state index in [1.165, 1.54) is 66.5 Å². The largest absolute Gasteiger partial charge is 0.324 e. The van der Waals surface area contributed by atoms with E-state index in [0.717, 1.165) is 25.9 Å². The van der Waals surface area contributed by atoms with E-state index >= 15 is 0 Å². The molecular formula is C19H27ClN2O. The molecule has 4 rings (SSSR count). The molecule has 4 heteroatoms. The van der Waals surface area contributed by atoms with Crippen LogP contribution in [0.25, 0.3) is 0 Å². The molecule has 1 unspecified atom stereocenters. The number of fused-ring (bicyclic) bond motifs is 2. The van der Waals surface area contributed by atoms with Crippen molar-refractivity contribution in [1.29, 1.82) is 0 Å². The monoisotopic (exact) mass is 334 g/mol. The van der Waals surface area contributed by atoms with Crippen LogP contribution in [0.3, 0.4) is 0 Å². The number of carbonyl (C=O) groups is 1. The number of nitrogens with one attached hydrogen (secondary N) is 1. The van der Waals surface area contributed by atoms with Gasteiger partial charge >= 0.3 is 0 Å². The average Bonchev–Trinajstić information content (AvgIpc) is 3.26. The first-order valence-corrected chi connectivity index (χ1v) is 8.95. The predicted molar refractivity (Wildman–Crippen MR) is 96.6 cm³/mol. The predicted octanol–water partition coefficient (Wildman–Crippen LogP) is 3.51. The van der Waals surface area contributed by atoms with Gasteiger partial charge in [0.2, 0.25) is 5.91 Å². The molecule has 23 heavy (non-hydrogen) atoms. The summed E-state index contributed by atoms with van der Waals surface area (Å²) in [6.45, 7) is 4.20. The van der Waals surface area contributed by atoms with Gasteiger partial charge in [0.15, 0.2) is 0 Å². The number of hydrogen-bond acceptors (Lipinski definition) is 2. The summed E-state index contributed by atoms with van der Waals surface area (Å²) in [5, 5.41) is 3.34. The van der Waals surface area contributed by atoms with E-state index in [1.54, 1.807) is 0 Å². The Morgan fingerprint density at radius 3 is 2.13 bits per heavy atom. The van der Waals surface area contributed by atoms with Gasteiger partial charge in [0, 0.05) is 5.69 Å². The van der Waals surface area contributed by atoms with Crippen LogP contribution >= 0.6 is 12.4 Å². The molecule has 3 aliphatic rings. The number of anilines is 1. The minimum atomic E-state index is -0.00295. The first-order chi connectivity index (χ1) is 10.7. The van der Waals surface area contributed by atoms with Gasteiger partial charge in [0.25, 0.3) is 0 Å². The van der Waals surface area contributed by atoms with E-state index in [2.05, 4.69) is 23.2 Å². The molecule has 2 aliphatic carbocycles. The van der Waals surface area contributed by atoms with Crippen molar-refractivity contribution in [2.45, 2.75) is 64.3 Å². The minimum Gasteiger partial charge on any atom is -0.324 e. The van der Waals surface area contributed by atoms with Crippen LogP contribution in [0.5, 0.6) is 0 Å². The first-order valence-electron chi connectivity index (χ1n) is 8.95. The van der Waals surface area contributed by atoms with Crippen LogP contribution in [0, 0.1) is 0 Å². The van der Waals surface area contributed by atoms with Crippen LogP contribution in [-0.4, -0.2) is 29.9 Å². The number of amides is 1. The maximum Gasteiger partial charge on any atom is 0.241 e. The number of likely N-dealkylation sites (tertiary alicyclic amines) is 1. The van der Waals surface area contributed by atoms with E-state index in [9.17, 15) is 4.79 Å². The SMILES string of the molecule is CC(C(=O)Nc1c2c(cc3c1CCC3)CCC2)N1CCCC1.Cl. The van der Waals surface area contributed by atoms with E-state index in [-0.39, 0.29) is 24.4 Å². The van der Waals surface area contributed by atoms with Crippen LogP contribution in [0.2, 0.25) is 0 Å². The standard InChI is InChI=1S/C19H26N2O.ClH/c1-13(21-10-2-3-11-21)19(22)20-18-16-8-4-6-14(16)12-15-7-5-9-17(15)18;/h12-13H,2-11H2,1H3,(H,20,22);1H. The number of hydrogen-bond donors (Lipinski definition) is 1. The fraction of sp³-hybridized carbons (Fsp3) is 0.632. The molecule has 0 radical (unpaired) electrons.